The smallest absolute Gasteiger partial charge is 0.267 e. The number of carbonyl (C=O) groups excluding carboxylic acids is 2. The van der Waals surface area contributed by atoms with Crippen LogP contribution >= 0.6 is 35.6 Å². The van der Waals surface area contributed by atoms with Crippen molar-refractivity contribution in [3.8, 4) is 0 Å². The summed E-state index contributed by atoms with van der Waals surface area (Å²) < 4.78 is 0.269. The van der Waals surface area contributed by atoms with Gasteiger partial charge in [0.05, 0.1) is 15.5 Å². The number of rotatable bonds is 4. The van der Waals surface area contributed by atoms with E-state index in [4.69, 9.17) is 23.8 Å². The zero-order valence-electron chi connectivity index (χ0n) is 14.7. The van der Waals surface area contributed by atoms with Crippen LogP contribution in [0, 0.1) is 0 Å². The number of nitrogens with zero attached hydrogens (tertiary/aromatic N) is 1. The Kier molecular flexibility index (Phi) is 5.99. The fourth-order valence-electron chi connectivity index (χ4n) is 2.50. The van der Waals surface area contributed by atoms with Crippen molar-refractivity contribution in [2.45, 2.75) is 19.8 Å². The van der Waals surface area contributed by atoms with Gasteiger partial charge in [-0.2, -0.15) is 5.01 Å². The monoisotopic (exact) mass is 416 g/mol. The van der Waals surface area contributed by atoms with Crippen LogP contribution in [0.25, 0.3) is 6.08 Å². The van der Waals surface area contributed by atoms with Crippen LogP contribution in [-0.2, 0) is 4.79 Å². The van der Waals surface area contributed by atoms with E-state index < -0.39 is 5.91 Å². The first-order chi connectivity index (χ1) is 12.9. The Bertz CT molecular complexity index is 939. The van der Waals surface area contributed by atoms with E-state index in [9.17, 15) is 9.59 Å². The first-order valence-corrected chi connectivity index (χ1v) is 9.90. The molecule has 2 amide bonds. The van der Waals surface area contributed by atoms with Gasteiger partial charge in [0.2, 0.25) is 0 Å². The lowest BCUT2D eigenvalue weighted by Gasteiger charge is -2.16. The molecular formula is C20H17ClN2O2S2. The molecule has 2 aromatic rings. The summed E-state index contributed by atoms with van der Waals surface area (Å²) in [7, 11) is 0. The Morgan fingerprint density at radius 3 is 2.48 bits per heavy atom. The minimum Gasteiger partial charge on any atom is -0.267 e. The number of carbonyl (C=O) groups is 2. The molecule has 27 heavy (non-hydrogen) atoms. The SMILES string of the molecule is CC(C)c1ccc(/C=C2\SC(=S)N(NC(=O)c3ccccc3Cl)C2=O)cc1. The van der Waals surface area contributed by atoms with Gasteiger partial charge in [-0.15, -0.1) is 0 Å². The average molecular weight is 417 g/mol. The highest BCUT2D eigenvalue weighted by Gasteiger charge is 2.34. The van der Waals surface area contributed by atoms with E-state index in [2.05, 4.69) is 19.3 Å². The second kappa shape index (κ2) is 8.25. The molecule has 1 aliphatic rings. The standard InChI is InChI=1S/C20H17ClN2O2S2/c1-12(2)14-9-7-13(8-10-14)11-17-19(25)23(20(26)27-17)22-18(24)15-5-3-4-6-16(15)21/h3-12H,1-2H3,(H,22,24)/b17-11-. The molecule has 0 saturated carbocycles. The topological polar surface area (TPSA) is 49.4 Å². The van der Waals surface area contributed by atoms with Crippen LogP contribution in [0.4, 0.5) is 0 Å². The lowest BCUT2D eigenvalue weighted by Crippen LogP contribution is -2.44. The van der Waals surface area contributed by atoms with Crippen LogP contribution in [0.2, 0.25) is 5.02 Å². The van der Waals surface area contributed by atoms with Crippen LogP contribution in [-0.4, -0.2) is 21.1 Å². The predicted octanol–water partition coefficient (Wildman–Crippen LogP) is 5.01. The molecule has 3 rings (SSSR count). The molecule has 0 unspecified atom stereocenters. The van der Waals surface area contributed by atoms with Crippen molar-refractivity contribution in [3.63, 3.8) is 0 Å². The van der Waals surface area contributed by atoms with E-state index in [0.717, 1.165) is 22.3 Å². The first-order valence-electron chi connectivity index (χ1n) is 8.30. The Morgan fingerprint density at radius 1 is 1.19 bits per heavy atom. The highest BCUT2D eigenvalue weighted by atomic mass is 35.5. The maximum atomic E-state index is 12.6. The summed E-state index contributed by atoms with van der Waals surface area (Å²) in [5, 5.41) is 1.39. The molecule has 1 N–H and O–H groups in total. The van der Waals surface area contributed by atoms with Gasteiger partial charge in [-0.25, -0.2) is 0 Å². The van der Waals surface area contributed by atoms with Gasteiger partial charge in [-0.1, -0.05) is 73.6 Å². The maximum absolute atomic E-state index is 12.6. The van der Waals surface area contributed by atoms with Crippen LogP contribution < -0.4 is 5.43 Å². The molecule has 0 spiro atoms. The van der Waals surface area contributed by atoms with Gasteiger partial charge in [0.1, 0.15) is 0 Å². The number of halogens is 1. The van der Waals surface area contributed by atoms with E-state index in [1.54, 1.807) is 30.3 Å². The number of thioether (sulfide) groups is 1. The van der Waals surface area contributed by atoms with Crippen molar-refractivity contribution in [3.05, 3.63) is 75.1 Å². The highest BCUT2D eigenvalue weighted by molar-refractivity contribution is 8.26. The molecule has 0 aliphatic carbocycles. The average Bonchev–Trinajstić information content (AvgIpc) is 2.90. The largest absolute Gasteiger partial charge is 0.285 e. The summed E-state index contributed by atoms with van der Waals surface area (Å²) in [5.74, 6) is -0.407. The van der Waals surface area contributed by atoms with Crippen molar-refractivity contribution in [1.82, 2.24) is 10.4 Å². The first kappa shape index (κ1) is 19.6. The second-order valence-corrected chi connectivity index (χ2v) is 8.34. The van der Waals surface area contributed by atoms with E-state index in [1.807, 2.05) is 24.3 Å². The molecule has 0 aromatic heterocycles. The summed E-state index contributed by atoms with van der Waals surface area (Å²) in [6.07, 6.45) is 1.77. The number of thiocarbonyl (C=S) groups is 1. The third-order valence-corrected chi connectivity index (χ3v) is 5.66. The van der Waals surface area contributed by atoms with Gasteiger partial charge < -0.3 is 0 Å². The fraction of sp³-hybridized carbons (Fsp3) is 0.150. The molecule has 4 nitrogen and oxygen atoms in total. The van der Waals surface area contributed by atoms with Gasteiger partial charge >= 0.3 is 0 Å². The third-order valence-electron chi connectivity index (χ3n) is 4.03. The number of benzene rings is 2. The Labute approximate surface area is 172 Å². The van der Waals surface area contributed by atoms with Gasteiger partial charge in [0.15, 0.2) is 4.32 Å². The molecule has 1 saturated heterocycles. The molecule has 138 valence electrons. The maximum Gasteiger partial charge on any atom is 0.285 e. The minimum absolute atomic E-state index is 0.269. The lowest BCUT2D eigenvalue weighted by atomic mass is 10.0. The van der Waals surface area contributed by atoms with Crippen molar-refractivity contribution in [1.29, 1.82) is 0 Å². The second-order valence-electron chi connectivity index (χ2n) is 6.26. The molecule has 7 heteroatoms. The van der Waals surface area contributed by atoms with Gasteiger partial charge in [0.25, 0.3) is 11.8 Å². The van der Waals surface area contributed by atoms with Crippen molar-refractivity contribution in [2.24, 2.45) is 0 Å². The summed E-state index contributed by atoms with van der Waals surface area (Å²) in [6, 6.07) is 14.6. The number of amides is 2. The van der Waals surface area contributed by atoms with E-state index in [0.29, 0.717) is 15.8 Å². The summed E-state index contributed by atoms with van der Waals surface area (Å²) in [6.45, 7) is 4.25. The Balaban J connectivity index is 1.76. The minimum atomic E-state index is -0.487. The molecule has 0 radical (unpaired) electrons. The fourth-order valence-corrected chi connectivity index (χ4v) is 3.90. The molecule has 0 bridgehead atoms. The Hall–Kier alpha value is -2.15. The zero-order chi connectivity index (χ0) is 19.6. The molecule has 2 aromatic carbocycles. The quantitative estimate of drug-likeness (QED) is 0.562. The number of hydrogen-bond acceptors (Lipinski definition) is 4. The van der Waals surface area contributed by atoms with Crippen LogP contribution in [0.3, 0.4) is 0 Å². The third kappa shape index (κ3) is 4.40. The zero-order valence-corrected chi connectivity index (χ0v) is 17.1. The van der Waals surface area contributed by atoms with Gasteiger partial charge in [-0.05, 0) is 47.5 Å². The molecule has 1 heterocycles. The molecule has 1 aliphatic heterocycles. The van der Waals surface area contributed by atoms with Crippen molar-refractivity contribution < 1.29 is 9.59 Å². The number of hydrazine groups is 1. The van der Waals surface area contributed by atoms with Gasteiger partial charge in [-0.3, -0.25) is 15.0 Å². The normalized spacial score (nSPS) is 15.7. The van der Waals surface area contributed by atoms with E-state index >= 15 is 0 Å². The summed E-state index contributed by atoms with van der Waals surface area (Å²) >= 11 is 12.4. The van der Waals surface area contributed by atoms with Crippen LogP contribution in [0.15, 0.2) is 53.4 Å². The van der Waals surface area contributed by atoms with Crippen LogP contribution in [0.1, 0.15) is 41.3 Å². The molecule has 0 atom stereocenters. The molecular weight excluding hydrogens is 400 g/mol. The summed E-state index contributed by atoms with van der Waals surface area (Å²) in [5.41, 5.74) is 4.94. The van der Waals surface area contributed by atoms with E-state index in [-0.39, 0.29) is 15.8 Å². The number of nitrogens with one attached hydrogen (secondary N) is 1. The van der Waals surface area contributed by atoms with Crippen molar-refractivity contribution >= 4 is 57.8 Å². The lowest BCUT2D eigenvalue weighted by molar-refractivity contribution is -0.123. The highest BCUT2D eigenvalue weighted by Crippen LogP contribution is 2.32. The number of hydrogen-bond donors (Lipinski definition) is 1. The van der Waals surface area contributed by atoms with Gasteiger partial charge in [0, 0.05) is 0 Å². The Morgan fingerprint density at radius 2 is 1.85 bits per heavy atom. The molecule has 1 fully saturated rings. The van der Waals surface area contributed by atoms with E-state index in [1.165, 1.54) is 5.56 Å². The summed E-state index contributed by atoms with van der Waals surface area (Å²) in [4.78, 5) is 25.5. The van der Waals surface area contributed by atoms with Crippen LogP contribution in [0.5, 0.6) is 0 Å². The predicted molar refractivity (Wildman–Crippen MR) is 114 cm³/mol. The van der Waals surface area contributed by atoms with Crippen molar-refractivity contribution in [2.75, 3.05) is 0 Å².